The molecule has 0 aromatic carbocycles. The van der Waals surface area contributed by atoms with Crippen LogP contribution in [0.25, 0.3) is 11.2 Å². The first-order valence-corrected chi connectivity index (χ1v) is 9.64. The summed E-state index contributed by atoms with van der Waals surface area (Å²) in [7, 11) is 0. The van der Waals surface area contributed by atoms with Gasteiger partial charge in [-0.1, -0.05) is 13.3 Å². The molecule has 0 saturated carbocycles. The molecule has 1 aliphatic heterocycles. The number of unbranched alkanes of at least 4 members (excludes halogenated alkanes) is 1. The van der Waals surface area contributed by atoms with Gasteiger partial charge in [0.05, 0.1) is 6.54 Å². The first kappa shape index (κ1) is 18.8. The predicted molar refractivity (Wildman–Crippen MR) is 100 cm³/mol. The van der Waals surface area contributed by atoms with E-state index in [2.05, 4.69) is 16.8 Å². The molecule has 2 N–H and O–H groups in total. The van der Waals surface area contributed by atoms with Crippen LogP contribution in [-0.2, 0) is 19.6 Å². The Morgan fingerprint density at radius 1 is 1.19 bits per heavy atom. The molecule has 3 heterocycles. The van der Waals surface area contributed by atoms with Gasteiger partial charge in [0, 0.05) is 19.7 Å². The third-order valence-corrected chi connectivity index (χ3v) is 5.35. The molecular formula is C18H29N5O3. The maximum atomic E-state index is 12.4. The summed E-state index contributed by atoms with van der Waals surface area (Å²) in [6, 6.07) is 0. The van der Waals surface area contributed by atoms with Gasteiger partial charge >= 0.3 is 5.69 Å². The van der Waals surface area contributed by atoms with Gasteiger partial charge in [-0.05, 0) is 45.2 Å². The second-order valence-electron chi connectivity index (χ2n) is 7.11. The van der Waals surface area contributed by atoms with Crippen LogP contribution >= 0.6 is 0 Å². The van der Waals surface area contributed by atoms with E-state index in [0.717, 1.165) is 44.6 Å². The van der Waals surface area contributed by atoms with Crippen LogP contribution < -0.4 is 11.2 Å². The van der Waals surface area contributed by atoms with Crippen LogP contribution in [-0.4, -0.2) is 48.8 Å². The zero-order valence-electron chi connectivity index (χ0n) is 15.7. The number of fused-ring (bicyclic) bond motifs is 1. The molecule has 1 fully saturated rings. The lowest BCUT2D eigenvalue weighted by molar-refractivity contribution is 0.125. The molecule has 1 aliphatic rings. The van der Waals surface area contributed by atoms with E-state index in [4.69, 9.17) is 4.98 Å². The molecule has 2 aromatic rings. The molecule has 8 nitrogen and oxygen atoms in total. The quantitative estimate of drug-likeness (QED) is 0.762. The maximum absolute atomic E-state index is 12.4. The van der Waals surface area contributed by atoms with Crippen molar-refractivity contribution in [3.05, 3.63) is 26.7 Å². The van der Waals surface area contributed by atoms with Crippen molar-refractivity contribution in [2.75, 3.05) is 19.7 Å². The summed E-state index contributed by atoms with van der Waals surface area (Å²) in [5, 5.41) is 9.30. The van der Waals surface area contributed by atoms with Crippen LogP contribution in [0.1, 0.15) is 45.4 Å². The van der Waals surface area contributed by atoms with E-state index in [1.165, 1.54) is 0 Å². The average Bonchev–Trinajstić information content (AvgIpc) is 3.00. The normalized spacial score (nSPS) is 16.6. The van der Waals surface area contributed by atoms with Crippen molar-refractivity contribution >= 4 is 11.2 Å². The number of aromatic nitrogens is 4. The molecular weight excluding hydrogens is 334 g/mol. The molecule has 0 spiro atoms. The Morgan fingerprint density at radius 3 is 2.54 bits per heavy atom. The number of hydrogen-bond acceptors (Lipinski definition) is 5. The minimum Gasteiger partial charge on any atom is -0.396 e. The highest BCUT2D eigenvalue weighted by Gasteiger charge is 2.22. The van der Waals surface area contributed by atoms with E-state index < -0.39 is 0 Å². The summed E-state index contributed by atoms with van der Waals surface area (Å²) in [4.78, 5) is 34.1. The largest absolute Gasteiger partial charge is 0.396 e. The fourth-order valence-corrected chi connectivity index (χ4v) is 3.73. The van der Waals surface area contributed by atoms with Crippen molar-refractivity contribution in [2.45, 2.75) is 59.2 Å². The monoisotopic (exact) mass is 363 g/mol. The lowest BCUT2D eigenvalue weighted by Gasteiger charge is -2.30. The van der Waals surface area contributed by atoms with E-state index in [0.29, 0.717) is 36.7 Å². The number of aliphatic hydroxyl groups is 1. The van der Waals surface area contributed by atoms with Crippen molar-refractivity contribution in [1.29, 1.82) is 0 Å². The van der Waals surface area contributed by atoms with Gasteiger partial charge in [0.15, 0.2) is 11.2 Å². The highest BCUT2D eigenvalue weighted by atomic mass is 16.3. The SMILES string of the molecule is CCCCn1c(=O)[nH]c(=O)c2c1nc(CN1CCC(CO)CC1)n2CC. The van der Waals surface area contributed by atoms with Gasteiger partial charge in [0.2, 0.25) is 0 Å². The lowest BCUT2D eigenvalue weighted by atomic mass is 9.98. The number of nitrogens with zero attached hydrogens (tertiary/aromatic N) is 4. The topological polar surface area (TPSA) is 96.2 Å². The van der Waals surface area contributed by atoms with Gasteiger partial charge in [-0.15, -0.1) is 0 Å². The predicted octanol–water partition coefficient (Wildman–Crippen LogP) is 0.911. The molecule has 0 atom stereocenters. The zero-order valence-corrected chi connectivity index (χ0v) is 15.7. The first-order valence-electron chi connectivity index (χ1n) is 9.64. The lowest BCUT2D eigenvalue weighted by Crippen LogP contribution is -2.35. The van der Waals surface area contributed by atoms with Gasteiger partial charge in [-0.3, -0.25) is 19.2 Å². The summed E-state index contributed by atoms with van der Waals surface area (Å²) in [5.74, 6) is 1.21. The van der Waals surface area contributed by atoms with E-state index in [9.17, 15) is 14.7 Å². The number of nitrogens with one attached hydrogen (secondary N) is 1. The average molecular weight is 363 g/mol. The second-order valence-corrected chi connectivity index (χ2v) is 7.11. The zero-order chi connectivity index (χ0) is 18.7. The number of likely N-dealkylation sites (tertiary alicyclic amines) is 1. The number of aryl methyl sites for hydroxylation is 2. The fourth-order valence-electron chi connectivity index (χ4n) is 3.73. The first-order chi connectivity index (χ1) is 12.6. The highest BCUT2D eigenvalue weighted by molar-refractivity contribution is 5.70. The summed E-state index contributed by atoms with van der Waals surface area (Å²) < 4.78 is 3.52. The van der Waals surface area contributed by atoms with Gasteiger partial charge in [-0.25, -0.2) is 9.78 Å². The van der Waals surface area contributed by atoms with Gasteiger partial charge in [-0.2, -0.15) is 0 Å². The van der Waals surface area contributed by atoms with Crippen molar-refractivity contribution in [3.8, 4) is 0 Å². The molecule has 0 radical (unpaired) electrons. The van der Waals surface area contributed by atoms with Crippen molar-refractivity contribution in [1.82, 2.24) is 24.0 Å². The molecule has 0 amide bonds. The molecule has 144 valence electrons. The minimum atomic E-state index is -0.382. The number of imidazole rings is 1. The molecule has 0 bridgehead atoms. The second kappa shape index (κ2) is 8.18. The van der Waals surface area contributed by atoms with Gasteiger partial charge < -0.3 is 9.67 Å². The van der Waals surface area contributed by atoms with Crippen molar-refractivity contribution in [3.63, 3.8) is 0 Å². The van der Waals surface area contributed by atoms with Gasteiger partial charge in [0.1, 0.15) is 5.82 Å². The van der Waals surface area contributed by atoms with Crippen LogP contribution in [0, 0.1) is 5.92 Å². The summed E-state index contributed by atoms with van der Waals surface area (Å²) >= 11 is 0. The number of hydrogen-bond donors (Lipinski definition) is 2. The Bertz CT molecular complexity index is 858. The van der Waals surface area contributed by atoms with Crippen LogP contribution in [0.4, 0.5) is 0 Å². The Hall–Kier alpha value is -1.93. The number of piperidine rings is 1. The highest BCUT2D eigenvalue weighted by Crippen LogP contribution is 2.20. The van der Waals surface area contributed by atoms with E-state index in [1.54, 1.807) is 4.57 Å². The summed E-state index contributed by atoms with van der Waals surface area (Å²) in [6.07, 6.45) is 3.79. The van der Waals surface area contributed by atoms with E-state index in [-0.39, 0.29) is 17.9 Å². The number of H-pyrrole nitrogens is 1. The van der Waals surface area contributed by atoms with Crippen LogP contribution in [0.15, 0.2) is 9.59 Å². The minimum absolute atomic E-state index is 0.250. The van der Waals surface area contributed by atoms with Crippen LogP contribution in [0.3, 0.4) is 0 Å². The molecule has 3 rings (SSSR count). The molecule has 2 aromatic heterocycles. The number of aliphatic hydroxyl groups excluding tert-OH is 1. The molecule has 26 heavy (non-hydrogen) atoms. The Labute approximate surface area is 152 Å². The fraction of sp³-hybridized carbons (Fsp3) is 0.722. The standard InChI is InChI=1S/C18H29N5O3/c1-3-5-8-23-16-15(17(25)20-18(23)26)22(4-2)14(19-16)11-21-9-6-13(12-24)7-10-21/h13,24H,3-12H2,1-2H3,(H,20,25,26). The summed E-state index contributed by atoms with van der Waals surface area (Å²) in [6.45, 7) is 7.99. The third-order valence-electron chi connectivity index (χ3n) is 5.35. The maximum Gasteiger partial charge on any atom is 0.330 e. The Morgan fingerprint density at radius 2 is 1.92 bits per heavy atom. The number of rotatable bonds is 7. The third kappa shape index (κ3) is 3.61. The molecule has 1 saturated heterocycles. The van der Waals surface area contributed by atoms with Gasteiger partial charge in [0.25, 0.3) is 5.56 Å². The Balaban J connectivity index is 1.97. The van der Waals surface area contributed by atoms with E-state index in [1.807, 2.05) is 11.5 Å². The smallest absolute Gasteiger partial charge is 0.330 e. The molecule has 8 heteroatoms. The summed E-state index contributed by atoms with van der Waals surface area (Å²) in [5.41, 5.74) is 0.238. The van der Waals surface area contributed by atoms with Crippen LogP contribution in [0.2, 0.25) is 0 Å². The van der Waals surface area contributed by atoms with Crippen molar-refractivity contribution < 1.29 is 5.11 Å². The molecule has 0 aliphatic carbocycles. The Kier molecular flexibility index (Phi) is 5.93. The van der Waals surface area contributed by atoms with Crippen molar-refractivity contribution in [2.24, 2.45) is 5.92 Å². The molecule has 0 unspecified atom stereocenters. The van der Waals surface area contributed by atoms with Crippen LogP contribution in [0.5, 0.6) is 0 Å². The van der Waals surface area contributed by atoms with E-state index >= 15 is 0 Å². The number of aromatic amines is 1.